The third-order valence-corrected chi connectivity index (χ3v) is 6.81. The second-order valence-corrected chi connectivity index (χ2v) is 9.19. The van der Waals surface area contributed by atoms with Crippen molar-refractivity contribution in [1.29, 1.82) is 0 Å². The summed E-state index contributed by atoms with van der Waals surface area (Å²) in [7, 11) is 1.93. The number of aryl methyl sites for hydroxylation is 3. The van der Waals surface area contributed by atoms with Crippen molar-refractivity contribution in [3.63, 3.8) is 0 Å². The number of fused-ring (bicyclic) bond motifs is 1. The van der Waals surface area contributed by atoms with E-state index in [9.17, 15) is 0 Å². The monoisotopic (exact) mass is 421 g/mol. The molecule has 0 bridgehead atoms. The number of rotatable bonds is 3. The molecule has 31 heavy (non-hydrogen) atoms. The van der Waals surface area contributed by atoms with Crippen LogP contribution in [0.25, 0.3) is 11.2 Å². The number of morpholine rings is 1. The molecule has 8 nitrogen and oxygen atoms in total. The van der Waals surface area contributed by atoms with E-state index in [0.717, 1.165) is 59.4 Å². The first-order valence-electron chi connectivity index (χ1n) is 11.4. The highest BCUT2D eigenvalue weighted by atomic mass is 16.5. The summed E-state index contributed by atoms with van der Waals surface area (Å²) in [4.78, 5) is 21.9. The fourth-order valence-corrected chi connectivity index (χ4v) is 4.72. The second-order valence-electron chi connectivity index (χ2n) is 9.19. The zero-order valence-electron chi connectivity index (χ0n) is 18.9. The van der Waals surface area contributed by atoms with Crippen LogP contribution in [-0.2, 0) is 11.8 Å². The molecule has 164 valence electrons. The van der Waals surface area contributed by atoms with Gasteiger partial charge in [0, 0.05) is 31.3 Å². The normalized spacial score (nSPS) is 24.6. The Morgan fingerprint density at radius 1 is 1.00 bits per heavy atom. The Kier molecular flexibility index (Phi) is 5.33. The minimum atomic E-state index is -0.0356. The van der Waals surface area contributed by atoms with Crippen LogP contribution in [0.2, 0.25) is 0 Å². The zero-order chi connectivity index (χ0) is 21.5. The predicted octanol–water partition coefficient (Wildman–Crippen LogP) is 3.64. The summed E-state index contributed by atoms with van der Waals surface area (Å²) in [5.74, 6) is 1.96. The molecular weight excluding hydrogens is 390 g/mol. The molecule has 0 unspecified atom stereocenters. The van der Waals surface area contributed by atoms with Crippen molar-refractivity contribution < 1.29 is 4.74 Å². The molecule has 0 amide bonds. The van der Waals surface area contributed by atoms with Gasteiger partial charge in [0.25, 0.3) is 0 Å². The molecule has 4 heterocycles. The van der Waals surface area contributed by atoms with Crippen molar-refractivity contribution in [3.05, 3.63) is 35.0 Å². The number of anilines is 1. The van der Waals surface area contributed by atoms with Gasteiger partial charge < -0.3 is 9.64 Å². The minimum Gasteiger partial charge on any atom is -0.370 e. The van der Waals surface area contributed by atoms with Crippen LogP contribution in [0.15, 0.2) is 12.4 Å². The smallest absolute Gasteiger partial charge is 0.227 e. The van der Waals surface area contributed by atoms with Gasteiger partial charge in [-0.15, -0.1) is 0 Å². The van der Waals surface area contributed by atoms with E-state index in [-0.39, 0.29) is 6.10 Å². The lowest BCUT2D eigenvalue weighted by Gasteiger charge is -2.33. The summed E-state index contributed by atoms with van der Waals surface area (Å²) < 4.78 is 7.84. The van der Waals surface area contributed by atoms with E-state index in [0.29, 0.717) is 24.7 Å². The molecule has 1 saturated carbocycles. The van der Waals surface area contributed by atoms with E-state index in [1.54, 1.807) is 0 Å². The summed E-state index contributed by atoms with van der Waals surface area (Å²) in [6.07, 6.45) is 8.65. The standard InChI is InChI=1S/C23H31N7O/c1-14-5-7-17(8-6-14)20-21-22(26-16(3)15(2)25-21)28-23(27-20)30-9-10-31-19(13-30)18-11-24-29(4)12-18/h11-12,14,17,19H,5-10,13H2,1-4H3/t14?,17?,19-/m1/s1. The molecule has 1 atom stereocenters. The van der Waals surface area contributed by atoms with E-state index in [1.165, 1.54) is 12.8 Å². The highest BCUT2D eigenvalue weighted by Gasteiger charge is 2.29. The van der Waals surface area contributed by atoms with Crippen LogP contribution in [0.5, 0.6) is 0 Å². The van der Waals surface area contributed by atoms with E-state index >= 15 is 0 Å². The number of aromatic nitrogens is 6. The fraction of sp³-hybridized carbons (Fsp3) is 0.609. The van der Waals surface area contributed by atoms with E-state index in [4.69, 9.17) is 24.7 Å². The number of ether oxygens (including phenoxy) is 1. The quantitative estimate of drug-likeness (QED) is 0.638. The fourth-order valence-electron chi connectivity index (χ4n) is 4.72. The van der Waals surface area contributed by atoms with Gasteiger partial charge in [-0.3, -0.25) is 4.68 Å². The topological polar surface area (TPSA) is 81.9 Å². The Morgan fingerprint density at radius 2 is 1.77 bits per heavy atom. The molecule has 3 aromatic heterocycles. The van der Waals surface area contributed by atoms with Crippen molar-refractivity contribution in [1.82, 2.24) is 29.7 Å². The Balaban J connectivity index is 1.53. The molecule has 0 N–H and O–H groups in total. The highest BCUT2D eigenvalue weighted by molar-refractivity contribution is 5.75. The molecule has 1 saturated heterocycles. The second kappa shape index (κ2) is 8.15. The maximum absolute atomic E-state index is 6.03. The third-order valence-electron chi connectivity index (χ3n) is 6.81. The van der Waals surface area contributed by atoms with E-state index in [2.05, 4.69) is 16.9 Å². The van der Waals surface area contributed by atoms with Gasteiger partial charge >= 0.3 is 0 Å². The Bertz CT molecular complexity index is 1090. The first-order chi connectivity index (χ1) is 15.0. The lowest BCUT2D eigenvalue weighted by molar-refractivity contribution is 0.0392. The summed E-state index contributed by atoms with van der Waals surface area (Å²) in [5.41, 5.74) is 5.63. The van der Waals surface area contributed by atoms with Crippen LogP contribution in [0.1, 0.15) is 67.3 Å². The van der Waals surface area contributed by atoms with Crippen LogP contribution in [0.3, 0.4) is 0 Å². The molecule has 2 aliphatic rings. The highest BCUT2D eigenvalue weighted by Crippen LogP contribution is 2.37. The maximum atomic E-state index is 6.03. The Hall–Kier alpha value is -2.61. The molecular formula is C23H31N7O. The van der Waals surface area contributed by atoms with Crippen molar-refractivity contribution in [2.45, 2.75) is 58.5 Å². The van der Waals surface area contributed by atoms with Gasteiger partial charge in [0.15, 0.2) is 5.65 Å². The molecule has 0 radical (unpaired) electrons. The minimum absolute atomic E-state index is 0.0356. The third kappa shape index (κ3) is 4.01. The maximum Gasteiger partial charge on any atom is 0.227 e. The zero-order valence-corrected chi connectivity index (χ0v) is 18.9. The summed E-state index contributed by atoms with van der Waals surface area (Å²) >= 11 is 0. The van der Waals surface area contributed by atoms with E-state index < -0.39 is 0 Å². The van der Waals surface area contributed by atoms with Gasteiger partial charge in [-0.1, -0.05) is 19.8 Å². The molecule has 3 aromatic rings. The molecule has 0 aromatic carbocycles. The van der Waals surface area contributed by atoms with Crippen molar-refractivity contribution >= 4 is 17.1 Å². The van der Waals surface area contributed by atoms with Gasteiger partial charge in [0.05, 0.1) is 36.4 Å². The average molecular weight is 422 g/mol. The SMILES string of the molecule is Cc1nc2nc(N3CCO[C@@H](c4cnn(C)c4)C3)nc(C3CCC(C)CC3)c2nc1C. The van der Waals surface area contributed by atoms with Gasteiger partial charge in [-0.25, -0.2) is 15.0 Å². The van der Waals surface area contributed by atoms with Crippen LogP contribution in [0.4, 0.5) is 5.95 Å². The first kappa shape index (κ1) is 20.3. The summed E-state index contributed by atoms with van der Waals surface area (Å²) in [6.45, 7) is 8.47. The van der Waals surface area contributed by atoms with Gasteiger partial charge in [0.2, 0.25) is 5.95 Å². The summed E-state index contributed by atoms with van der Waals surface area (Å²) in [5, 5.41) is 4.30. The van der Waals surface area contributed by atoms with Crippen molar-refractivity contribution in [2.75, 3.05) is 24.6 Å². The van der Waals surface area contributed by atoms with Gasteiger partial charge in [0.1, 0.15) is 11.6 Å². The van der Waals surface area contributed by atoms with Crippen LogP contribution in [0, 0.1) is 19.8 Å². The first-order valence-corrected chi connectivity index (χ1v) is 11.4. The molecule has 1 aliphatic heterocycles. The molecule has 0 spiro atoms. The summed E-state index contributed by atoms with van der Waals surface area (Å²) in [6, 6.07) is 0. The molecule has 5 rings (SSSR count). The Labute approximate surface area is 183 Å². The number of nitrogens with zero attached hydrogens (tertiary/aromatic N) is 7. The lowest BCUT2D eigenvalue weighted by atomic mass is 9.81. The number of hydrogen-bond acceptors (Lipinski definition) is 7. The van der Waals surface area contributed by atoms with Crippen LogP contribution < -0.4 is 4.90 Å². The molecule has 8 heteroatoms. The molecule has 2 fully saturated rings. The van der Waals surface area contributed by atoms with Gasteiger partial charge in [-0.05, 0) is 32.6 Å². The number of hydrogen-bond donors (Lipinski definition) is 0. The van der Waals surface area contributed by atoms with E-state index in [1.807, 2.05) is 38.0 Å². The Morgan fingerprint density at radius 3 is 2.52 bits per heavy atom. The average Bonchev–Trinajstić information content (AvgIpc) is 3.21. The predicted molar refractivity (Wildman–Crippen MR) is 119 cm³/mol. The van der Waals surface area contributed by atoms with Crippen molar-refractivity contribution in [2.24, 2.45) is 13.0 Å². The molecule has 1 aliphatic carbocycles. The van der Waals surface area contributed by atoms with Crippen LogP contribution in [-0.4, -0.2) is 49.4 Å². The van der Waals surface area contributed by atoms with Crippen LogP contribution >= 0.6 is 0 Å². The lowest BCUT2D eigenvalue weighted by Crippen LogP contribution is -2.39. The van der Waals surface area contributed by atoms with Crippen molar-refractivity contribution in [3.8, 4) is 0 Å². The van der Waals surface area contributed by atoms with Gasteiger partial charge in [-0.2, -0.15) is 10.1 Å². The largest absolute Gasteiger partial charge is 0.370 e.